The van der Waals surface area contributed by atoms with Crippen LogP contribution in [0.3, 0.4) is 0 Å². The van der Waals surface area contributed by atoms with E-state index in [1.54, 1.807) is 13.1 Å². The number of ether oxygens (including phenoxy) is 2. The molecule has 0 bridgehead atoms. The quantitative estimate of drug-likeness (QED) is 0.627. The maximum absolute atomic E-state index is 12.1. The average molecular weight is 326 g/mol. The summed E-state index contributed by atoms with van der Waals surface area (Å²) in [4.78, 5) is 22.3. The van der Waals surface area contributed by atoms with Crippen LogP contribution in [0, 0.1) is 5.41 Å². The van der Waals surface area contributed by atoms with Crippen LogP contribution in [-0.2, 0) is 9.47 Å². The van der Waals surface area contributed by atoms with Crippen LogP contribution in [0.2, 0.25) is 5.28 Å². The number of esters is 1. The van der Waals surface area contributed by atoms with Gasteiger partial charge in [-0.1, -0.05) is 0 Å². The van der Waals surface area contributed by atoms with E-state index in [1.165, 1.54) is 0 Å². The van der Waals surface area contributed by atoms with Crippen LogP contribution in [0.1, 0.15) is 36.7 Å². The highest BCUT2D eigenvalue weighted by Gasteiger charge is 2.38. The lowest BCUT2D eigenvalue weighted by molar-refractivity contribution is 0.0519. The number of aromatic nitrogens is 2. The van der Waals surface area contributed by atoms with Gasteiger partial charge < -0.3 is 14.4 Å². The highest BCUT2D eigenvalue weighted by Crippen LogP contribution is 2.40. The minimum Gasteiger partial charge on any atom is -0.461 e. The van der Waals surface area contributed by atoms with Crippen LogP contribution in [0.15, 0.2) is 6.20 Å². The predicted octanol–water partition coefficient (Wildman–Crippen LogP) is 2.31. The lowest BCUT2D eigenvalue weighted by Gasteiger charge is -2.39. The molecule has 120 valence electrons. The summed E-state index contributed by atoms with van der Waals surface area (Å²) in [6.45, 7) is 5.51. The Kier molecular flexibility index (Phi) is 4.49. The van der Waals surface area contributed by atoms with Gasteiger partial charge in [-0.2, -0.15) is 0 Å². The molecule has 6 nitrogen and oxygen atoms in total. The molecule has 22 heavy (non-hydrogen) atoms. The number of anilines is 1. The Hall–Kier alpha value is -1.40. The maximum atomic E-state index is 12.1. The zero-order valence-corrected chi connectivity index (χ0v) is 13.4. The fourth-order valence-corrected chi connectivity index (χ4v) is 3.33. The largest absolute Gasteiger partial charge is 0.461 e. The Morgan fingerprint density at radius 3 is 2.86 bits per heavy atom. The van der Waals surface area contributed by atoms with E-state index in [0.717, 1.165) is 45.6 Å². The van der Waals surface area contributed by atoms with Crippen molar-refractivity contribution in [2.75, 3.05) is 37.8 Å². The summed E-state index contributed by atoms with van der Waals surface area (Å²) < 4.78 is 10.6. The van der Waals surface area contributed by atoms with Crippen molar-refractivity contribution in [3.05, 3.63) is 17.2 Å². The number of halogens is 1. The van der Waals surface area contributed by atoms with Crippen molar-refractivity contribution in [2.45, 2.75) is 26.2 Å². The van der Waals surface area contributed by atoms with Crippen LogP contribution in [0.4, 0.5) is 5.69 Å². The van der Waals surface area contributed by atoms with E-state index in [-0.39, 0.29) is 11.0 Å². The summed E-state index contributed by atoms with van der Waals surface area (Å²) in [6.07, 6.45) is 4.85. The molecule has 2 aliphatic rings. The Morgan fingerprint density at radius 1 is 1.45 bits per heavy atom. The van der Waals surface area contributed by atoms with Crippen molar-refractivity contribution in [1.82, 2.24) is 9.97 Å². The second-order valence-electron chi connectivity index (χ2n) is 5.88. The molecule has 0 amide bonds. The van der Waals surface area contributed by atoms with Crippen molar-refractivity contribution < 1.29 is 14.3 Å². The van der Waals surface area contributed by atoms with Gasteiger partial charge in [0, 0.05) is 19.7 Å². The number of carbonyl (C=O) groups is 1. The summed E-state index contributed by atoms with van der Waals surface area (Å²) in [5.41, 5.74) is 1.27. The molecule has 1 spiro atoms. The number of nitrogens with zero attached hydrogens (tertiary/aromatic N) is 3. The van der Waals surface area contributed by atoms with Gasteiger partial charge in [0.05, 0.1) is 25.1 Å². The van der Waals surface area contributed by atoms with Crippen molar-refractivity contribution in [2.24, 2.45) is 5.41 Å². The second-order valence-corrected chi connectivity index (χ2v) is 6.22. The molecule has 0 atom stereocenters. The average Bonchev–Trinajstić information content (AvgIpc) is 2.97. The van der Waals surface area contributed by atoms with Gasteiger partial charge in [-0.25, -0.2) is 14.8 Å². The lowest BCUT2D eigenvalue weighted by atomic mass is 9.78. The van der Waals surface area contributed by atoms with Crippen molar-refractivity contribution in [1.29, 1.82) is 0 Å². The molecule has 3 heterocycles. The van der Waals surface area contributed by atoms with Gasteiger partial charge in [-0.05, 0) is 43.2 Å². The molecule has 0 unspecified atom stereocenters. The number of hydrogen-bond acceptors (Lipinski definition) is 6. The first-order valence-electron chi connectivity index (χ1n) is 7.66. The van der Waals surface area contributed by atoms with E-state index in [0.29, 0.717) is 17.7 Å². The Bertz CT molecular complexity index is 551. The van der Waals surface area contributed by atoms with Crippen molar-refractivity contribution in [3.8, 4) is 0 Å². The van der Waals surface area contributed by atoms with E-state index in [4.69, 9.17) is 21.1 Å². The number of piperidine rings is 1. The fraction of sp³-hybridized carbons (Fsp3) is 0.667. The van der Waals surface area contributed by atoms with Crippen LogP contribution < -0.4 is 4.90 Å². The zero-order valence-electron chi connectivity index (χ0n) is 12.7. The topological polar surface area (TPSA) is 64.5 Å². The molecule has 0 radical (unpaired) electrons. The molecule has 2 fully saturated rings. The molecule has 0 N–H and O–H groups in total. The highest BCUT2D eigenvalue weighted by molar-refractivity contribution is 6.28. The number of carbonyl (C=O) groups excluding carboxylic acids is 1. The van der Waals surface area contributed by atoms with E-state index >= 15 is 0 Å². The van der Waals surface area contributed by atoms with E-state index in [2.05, 4.69) is 14.9 Å². The standard InChI is InChI=1S/C15H20ClN3O3/c1-2-22-13(20)12-11(9-17-14(16)18-12)19-6-3-15(4-7-19)5-8-21-10-15/h9H,2-8,10H2,1H3. The number of hydrogen-bond donors (Lipinski definition) is 0. The highest BCUT2D eigenvalue weighted by atomic mass is 35.5. The number of rotatable bonds is 3. The maximum Gasteiger partial charge on any atom is 0.359 e. The Morgan fingerprint density at radius 2 is 2.23 bits per heavy atom. The summed E-state index contributed by atoms with van der Waals surface area (Å²) >= 11 is 5.83. The van der Waals surface area contributed by atoms with Gasteiger partial charge in [0.15, 0.2) is 5.69 Å². The molecule has 2 aliphatic heterocycles. The third kappa shape index (κ3) is 3.03. The summed E-state index contributed by atoms with van der Waals surface area (Å²) in [6, 6.07) is 0. The van der Waals surface area contributed by atoms with E-state index < -0.39 is 5.97 Å². The van der Waals surface area contributed by atoms with Gasteiger partial charge in [0.1, 0.15) is 0 Å². The molecule has 2 saturated heterocycles. The second kappa shape index (κ2) is 6.38. The SMILES string of the molecule is CCOC(=O)c1nc(Cl)ncc1N1CCC2(CCOC2)CC1. The zero-order chi connectivity index (χ0) is 15.6. The molecular formula is C15H20ClN3O3. The molecule has 0 saturated carbocycles. The van der Waals surface area contributed by atoms with Gasteiger partial charge >= 0.3 is 5.97 Å². The summed E-state index contributed by atoms with van der Waals surface area (Å²) in [5, 5.41) is 0.0597. The van der Waals surface area contributed by atoms with Crippen LogP contribution >= 0.6 is 11.6 Å². The third-order valence-corrected chi connectivity index (χ3v) is 4.74. The van der Waals surface area contributed by atoms with E-state index in [9.17, 15) is 4.79 Å². The Labute approximate surface area is 134 Å². The van der Waals surface area contributed by atoms with Gasteiger partial charge in [-0.3, -0.25) is 0 Å². The van der Waals surface area contributed by atoms with Gasteiger partial charge in [0.25, 0.3) is 0 Å². The molecule has 1 aromatic rings. The molecule has 3 rings (SSSR count). The molecular weight excluding hydrogens is 306 g/mol. The van der Waals surface area contributed by atoms with E-state index in [1.807, 2.05) is 0 Å². The van der Waals surface area contributed by atoms with Crippen LogP contribution in [0.25, 0.3) is 0 Å². The first kappa shape index (κ1) is 15.5. The summed E-state index contributed by atoms with van der Waals surface area (Å²) in [7, 11) is 0. The van der Waals surface area contributed by atoms with Crippen molar-refractivity contribution in [3.63, 3.8) is 0 Å². The normalized spacial score (nSPS) is 20.4. The first-order valence-corrected chi connectivity index (χ1v) is 8.04. The van der Waals surface area contributed by atoms with Crippen LogP contribution in [-0.4, -0.2) is 48.8 Å². The first-order chi connectivity index (χ1) is 10.6. The monoisotopic (exact) mass is 325 g/mol. The molecule has 0 aromatic carbocycles. The van der Waals surface area contributed by atoms with Gasteiger partial charge in [0.2, 0.25) is 5.28 Å². The van der Waals surface area contributed by atoms with Gasteiger partial charge in [-0.15, -0.1) is 0 Å². The van der Waals surface area contributed by atoms with Crippen molar-refractivity contribution >= 4 is 23.3 Å². The third-order valence-electron chi connectivity index (χ3n) is 4.56. The molecule has 7 heteroatoms. The fourth-order valence-electron chi connectivity index (χ4n) is 3.20. The Balaban J connectivity index is 1.78. The minimum atomic E-state index is -0.453. The molecule has 0 aliphatic carbocycles. The summed E-state index contributed by atoms with van der Waals surface area (Å²) in [5.74, 6) is -0.453. The smallest absolute Gasteiger partial charge is 0.359 e. The minimum absolute atomic E-state index is 0.0597. The van der Waals surface area contributed by atoms with Crippen LogP contribution in [0.5, 0.6) is 0 Å². The molecule has 1 aromatic heterocycles. The predicted molar refractivity (Wildman–Crippen MR) is 82.3 cm³/mol. The lowest BCUT2D eigenvalue weighted by Crippen LogP contribution is -2.41.